The molecule has 1 saturated heterocycles. The number of methoxy groups -OCH3 is 1. The summed E-state index contributed by atoms with van der Waals surface area (Å²) < 4.78 is 5.13. The minimum atomic E-state index is -0.195. The van der Waals surface area contributed by atoms with Crippen LogP contribution in [0.4, 0.5) is 0 Å². The van der Waals surface area contributed by atoms with Gasteiger partial charge in [-0.2, -0.15) is 0 Å². The molecule has 110 valence electrons. The van der Waals surface area contributed by atoms with Gasteiger partial charge in [-0.05, 0) is 43.5 Å². The number of rotatable bonds is 6. The zero-order chi connectivity index (χ0) is 14.4. The molecule has 1 aliphatic rings. The van der Waals surface area contributed by atoms with Crippen LogP contribution in [-0.2, 0) is 11.2 Å². The Morgan fingerprint density at radius 3 is 2.70 bits per heavy atom. The summed E-state index contributed by atoms with van der Waals surface area (Å²) in [6.07, 6.45) is 2.69. The average Bonchev–Trinajstić information content (AvgIpc) is 2.98. The highest BCUT2D eigenvalue weighted by atomic mass is 16.5. The largest absolute Gasteiger partial charge is 0.497 e. The molecule has 1 aromatic rings. The van der Waals surface area contributed by atoms with Gasteiger partial charge in [0.15, 0.2) is 0 Å². The Morgan fingerprint density at radius 1 is 1.40 bits per heavy atom. The van der Waals surface area contributed by atoms with Crippen molar-refractivity contribution in [2.75, 3.05) is 26.7 Å². The molecule has 0 spiro atoms. The zero-order valence-electron chi connectivity index (χ0n) is 12.4. The van der Waals surface area contributed by atoms with E-state index in [0.29, 0.717) is 6.54 Å². The van der Waals surface area contributed by atoms with Crippen molar-refractivity contribution in [2.24, 2.45) is 5.41 Å². The molecule has 1 heterocycles. The van der Waals surface area contributed by atoms with Crippen LogP contribution >= 0.6 is 0 Å². The van der Waals surface area contributed by atoms with Crippen LogP contribution < -0.4 is 15.4 Å². The Bertz CT molecular complexity index is 436. The SMILES string of the molecule is CCC1(C(=O)NCCc2ccc(OC)cc2)CCNC1. The second-order valence-electron chi connectivity index (χ2n) is 5.41. The predicted molar refractivity (Wildman–Crippen MR) is 79.9 cm³/mol. The van der Waals surface area contributed by atoms with Crippen LogP contribution in [0.3, 0.4) is 0 Å². The molecule has 0 aromatic heterocycles. The summed E-state index contributed by atoms with van der Waals surface area (Å²) in [7, 11) is 1.66. The smallest absolute Gasteiger partial charge is 0.227 e. The number of nitrogens with one attached hydrogen (secondary N) is 2. The quantitative estimate of drug-likeness (QED) is 0.832. The fourth-order valence-corrected chi connectivity index (χ4v) is 2.70. The Morgan fingerprint density at radius 2 is 2.15 bits per heavy atom. The maximum absolute atomic E-state index is 12.3. The number of carbonyl (C=O) groups excluding carboxylic acids is 1. The van der Waals surface area contributed by atoms with Gasteiger partial charge < -0.3 is 15.4 Å². The van der Waals surface area contributed by atoms with Crippen molar-refractivity contribution < 1.29 is 9.53 Å². The van der Waals surface area contributed by atoms with Crippen molar-refractivity contribution in [3.8, 4) is 5.75 Å². The standard InChI is InChI=1S/C16H24N2O2/c1-3-16(9-11-17-12-16)15(19)18-10-8-13-4-6-14(20-2)7-5-13/h4-7,17H,3,8-12H2,1-2H3,(H,18,19). The van der Waals surface area contributed by atoms with E-state index in [0.717, 1.165) is 38.1 Å². The molecule has 1 aliphatic heterocycles. The summed E-state index contributed by atoms with van der Waals surface area (Å²) in [6, 6.07) is 7.98. The maximum atomic E-state index is 12.3. The number of hydrogen-bond donors (Lipinski definition) is 2. The molecule has 1 aromatic carbocycles. The molecule has 2 rings (SSSR count). The number of hydrogen-bond acceptors (Lipinski definition) is 3. The second-order valence-corrected chi connectivity index (χ2v) is 5.41. The molecule has 0 saturated carbocycles. The lowest BCUT2D eigenvalue weighted by Gasteiger charge is -2.25. The van der Waals surface area contributed by atoms with Gasteiger partial charge in [0.25, 0.3) is 0 Å². The lowest BCUT2D eigenvalue weighted by Crippen LogP contribution is -2.42. The van der Waals surface area contributed by atoms with E-state index in [-0.39, 0.29) is 11.3 Å². The highest BCUT2D eigenvalue weighted by Gasteiger charge is 2.38. The van der Waals surface area contributed by atoms with Crippen molar-refractivity contribution in [1.29, 1.82) is 0 Å². The summed E-state index contributed by atoms with van der Waals surface area (Å²) in [6.45, 7) is 4.53. The van der Waals surface area contributed by atoms with Crippen molar-refractivity contribution in [3.05, 3.63) is 29.8 Å². The summed E-state index contributed by atoms with van der Waals surface area (Å²) in [5, 5.41) is 6.37. The van der Waals surface area contributed by atoms with Gasteiger partial charge in [0.2, 0.25) is 5.91 Å². The molecule has 20 heavy (non-hydrogen) atoms. The van der Waals surface area contributed by atoms with E-state index >= 15 is 0 Å². The van der Waals surface area contributed by atoms with E-state index in [9.17, 15) is 4.79 Å². The summed E-state index contributed by atoms with van der Waals surface area (Å²) in [5.41, 5.74) is 1.01. The molecule has 1 fully saturated rings. The topological polar surface area (TPSA) is 50.4 Å². The van der Waals surface area contributed by atoms with Crippen LogP contribution in [0.5, 0.6) is 5.75 Å². The third-order valence-electron chi connectivity index (χ3n) is 4.26. The zero-order valence-corrected chi connectivity index (χ0v) is 12.4. The third kappa shape index (κ3) is 3.31. The van der Waals surface area contributed by atoms with Crippen molar-refractivity contribution >= 4 is 5.91 Å². The van der Waals surface area contributed by atoms with Gasteiger partial charge in [0.05, 0.1) is 12.5 Å². The summed E-state index contributed by atoms with van der Waals surface area (Å²) in [4.78, 5) is 12.3. The van der Waals surface area contributed by atoms with Crippen LogP contribution in [0.15, 0.2) is 24.3 Å². The Hall–Kier alpha value is -1.55. The van der Waals surface area contributed by atoms with Crippen molar-refractivity contribution in [2.45, 2.75) is 26.2 Å². The molecular weight excluding hydrogens is 252 g/mol. The first-order chi connectivity index (χ1) is 9.70. The van der Waals surface area contributed by atoms with E-state index in [4.69, 9.17) is 4.74 Å². The minimum Gasteiger partial charge on any atom is -0.497 e. The fraction of sp³-hybridized carbons (Fsp3) is 0.562. The second kappa shape index (κ2) is 6.75. The molecule has 2 N–H and O–H groups in total. The van der Waals surface area contributed by atoms with E-state index in [1.165, 1.54) is 5.56 Å². The normalized spacial score (nSPS) is 21.7. The molecule has 0 radical (unpaired) electrons. The molecule has 1 amide bonds. The first-order valence-electron chi connectivity index (χ1n) is 7.32. The van der Waals surface area contributed by atoms with Gasteiger partial charge in [-0.1, -0.05) is 19.1 Å². The fourth-order valence-electron chi connectivity index (χ4n) is 2.70. The molecule has 0 bridgehead atoms. The number of ether oxygens (including phenoxy) is 1. The molecule has 1 unspecified atom stereocenters. The highest BCUT2D eigenvalue weighted by Crippen LogP contribution is 2.29. The van der Waals surface area contributed by atoms with Crippen LogP contribution in [0.25, 0.3) is 0 Å². The van der Waals surface area contributed by atoms with Crippen LogP contribution in [0.1, 0.15) is 25.3 Å². The van der Waals surface area contributed by atoms with E-state index in [1.54, 1.807) is 7.11 Å². The van der Waals surface area contributed by atoms with E-state index in [1.807, 2.05) is 24.3 Å². The van der Waals surface area contributed by atoms with Gasteiger partial charge in [-0.3, -0.25) is 4.79 Å². The van der Waals surface area contributed by atoms with E-state index in [2.05, 4.69) is 17.6 Å². The molecule has 4 heteroatoms. The Balaban J connectivity index is 1.81. The molecule has 4 nitrogen and oxygen atoms in total. The first kappa shape index (κ1) is 14.9. The van der Waals surface area contributed by atoms with E-state index < -0.39 is 0 Å². The van der Waals surface area contributed by atoms with Crippen LogP contribution in [0.2, 0.25) is 0 Å². The van der Waals surface area contributed by atoms with Crippen LogP contribution in [0, 0.1) is 5.41 Å². The Kier molecular flexibility index (Phi) is 5.01. The molecular formula is C16H24N2O2. The number of benzene rings is 1. The van der Waals surface area contributed by atoms with Gasteiger partial charge >= 0.3 is 0 Å². The molecule has 1 atom stereocenters. The van der Waals surface area contributed by atoms with Crippen molar-refractivity contribution in [1.82, 2.24) is 10.6 Å². The lowest BCUT2D eigenvalue weighted by atomic mass is 9.83. The van der Waals surface area contributed by atoms with Gasteiger partial charge in [0, 0.05) is 13.1 Å². The monoisotopic (exact) mass is 276 g/mol. The van der Waals surface area contributed by atoms with Gasteiger partial charge in [-0.15, -0.1) is 0 Å². The van der Waals surface area contributed by atoms with Crippen molar-refractivity contribution in [3.63, 3.8) is 0 Å². The third-order valence-corrected chi connectivity index (χ3v) is 4.26. The van der Waals surface area contributed by atoms with Gasteiger partial charge in [-0.25, -0.2) is 0 Å². The van der Waals surface area contributed by atoms with Gasteiger partial charge in [0.1, 0.15) is 5.75 Å². The number of amides is 1. The summed E-state index contributed by atoms with van der Waals surface area (Å²) in [5.74, 6) is 1.05. The number of carbonyl (C=O) groups is 1. The van der Waals surface area contributed by atoms with Crippen LogP contribution in [-0.4, -0.2) is 32.7 Å². The maximum Gasteiger partial charge on any atom is 0.227 e. The lowest BCUT2D eigenvalue weighted by molar-refractivity contribution is -0.130. The average molecular weight is 276 g/mol. The first-order valence-corrected chi connectivity index (χ1v) is 7.32. The summed E-state index contributed by atoms with van der Waals surface area (Å²) >= 11 is 0. The predicted octanol–water partition coefficient (Wildman–Crippen LogP) is 1.74. The Labute approximate surface area is 120 Å². The molecule has 0 aliphatic carbocycles. The minimum absolute atomic E-state index is 0.193. The highest BCUT2D eigenvalue weighted by molar-refractivity contribution is 5.83.